The molecular formula is C37H52ClN3O10. The third-order valence-electron chi connectivity index (χ3n) is 8.10. The molecule has 0 fully saturated rings. The Morgan fingerprint density at radius 3 is 1.98 bits per heavy atom. The maximum atomic E-state index is 13.6. The zero-order valence-corrected chi connectivity index (χ0v) is 32.0. The first-order valence-electron chi connectivity index (χ1n) is 16.7. The van der Waals surface area contributed by atoms with Crippen LogP contribution in [0.15, 0.2) is 48.5 Å². The number of carbonyl (C=O) groups excluding carboxylic acids is 5. The maximum Gasteiger partial charge on any atom is 0.411 e. The van der Waals surface area contributed by atoms with Crippen LogP contribution in [0.4, 0.5) is 9.59 Å². The Bertz CT molecular complexity index is 1490. The van der Waals surface area contributed by atoms with E-state index in [9.17, 15) is 24.0 Å². The van der Waals surface area contributed by atoms with Crippen LogP contribution in [-0.2, 0) is 46.4 Å². The minimum atomic E-state index is -1.50. The van der Waals surface area contributed by atoms with Crippen LogP contribution in [0.2, 0.25) is 0 Å². The van der Waals surface area contributed by atoms with Crippen LogP contribution >= 0.6 is 11.6 Å². The number of rotatable bonds is 13. The molecule has 282 valence electrons. The third kappa shape index (κ3) is 12.7. The molecule has 0 bridgehead atoms. The molecule has 2 aromatic carbocycles. The number of hydrogen-bond donors (Lipinski definition) is 1. The summed E-state index contributed by atoms with van der Waals surface area (Å²) in [6.45, 7) is 16.0. The minimum absolute atomic E-state index is 0.243. The average Bonchev–Trinajstić information content (AvgIpc) is 3.07. The summed E-state index contributed by atoms with van der Waals surface area (Å²) in [4.78, 5) is 63.8. The molecule has 1 aliphatic heterocycles. The number of fused-ring (bicyclic) bond motifs is 1. The second kappa shape index (κ2) is 19.3. The quantitative estimate of drug-likeness (QED) is 0.151. The summed E-state index contributed by atoms with van der Waals surface area (Å²) >= 11 is 4.89. The second-order valence-electron chi connectivity index (χ2n) is 13.4. The van der Waals surface area contributed by atoms with Crippen molar-refractivity contribution in [1.82, 2.24) is 15.1 Å². The molecule has 51 heavy (non-hydrogen) atoms. The monoisotopic (exact) mass is 733 g/mol. The highest BCUT2D eigenvalue weighted by molar-refractivity contribution is 6.61. The Balaban J connectivity index is 0.000000705. The van der Waals surface area contributed by atoms with Crippen molar-refractivity contribution in [2.75, 3.05) is 33.9 Å². The molecule has 0 saturated carbocycles. The number of carbonyl (C=O) groups is 5. The lowest BCUT2D eigenvalue weighted by Crippen LogP contribution is -2.51. The molecular weight excluding hydrogens is 682 g/mol. The van der Waals surface area contributed by atoms with Crippen molar-refractivity contribution >= 4 is 41.0 Å². The van der Waals surface area contributed by atoms with E-state index in [0.29, 0.717) is 49.5 Å². The number of benzene rings is 2. The van der Waals surface area contributed by atoms with E-state index in [1.807, 2.05) is 48.5 Å². The Hall–Kier alpha value is -4.36. The van der Waals surface area contributed by atoms with Gasteiger partial charge in [-0.1, -0.05) is 36.4 Å². The van der Waals surface area contributed by atoms with Crippen LogP contribution in [-0.4, -0.2) is 96.3 Å². The molecule has 1 heterocycles. The van der Waals surface area contributed by atoms with Crippen LogP contribution in [0, 0.1) is 0 Å². The molecule has 2 amide bonds. The molecule has 3 rings (SSSR count). The topological polar surface area (TPSA) is 150 Å². The van der Waals surface area contributed by atoms with E-state index in [-0.39, 0.29) is 12.5 Å². The number of halogens is 1. The summed E-state index contributed by atoms with van der Waals surface area (Å²) in [5.74, 6) is -0.943. The first-order chi connectivity index (χ1) is 23.8. The first-order valence-corrected chi connectivity index (χ1v) is 17.1. The smallest absolute Gasteiger partial charge is 0.411 e. The van der Waals surface area contributed by atoms with Gasteiger partial charge in [0.2, 0.25) is 17.1 Å². The van der Waals surface area contributed by atoms with Crippen LogP contribution in [0.3, 0.4) is 0 Å². The number of nitrogens with zero attached hydrogens (tertiary/aromatic N) is 2. The van der Waals surface area contributed by atoms with Gasteiger partial charge in [0.05, 0.1) is 14.2 Å². The van der Waals surface area contributed by atoms with Gasteiger partial charge in [-0.3, -0.25) is 14.6 Å². The largest absolute Gasteiger partial charge is 0.489 e. The van der Waals surface area contributed by atoms with Crippen molar-refractivity contribution in [2.24, 2.45) is 0 Å². The number of esters is 2. The summed E-state index contributed by atoms with van der Waals surface area (Å²) in [5.41, 5.74) is -1.16. The predicted octanol–water partition coefficient (Wildman–Crippen LogP) is 5.80. The zero-order valence-electron chi connectivity index (χ0n) is 31.2. The number of amides is 2. The summed E-state index contributed by atoms with van der Waals surface area (Å²) in [5, 5.41) is 3.02. The summed E-state index contributed by atoms with van der Waals surface area (Å²) in [7, 11) is 2.44. The van der Waals surface area contributed by atoms with Crippen LogP contribution in [0.1, 0.15) is 78.1 Å². The fourth-order valence-corrected chi connectivity index (χ4v) is 5.68. The summed E-state index contributed by atoms with van der Waals surface area (Å²) in [6, 6.07) is 15.2. The number of ether oxygens (including phenoxy) is 5. The van der Waals surface area contributed by atoms with E-state index in [4.69, 9.17) is 25.8 Å². The maximum absolute atomic E-state index is 13.6. The minimum Gasteiger partial charge on any atom is -0.489 e. The lowest BCUT2D eigenvalue weighted by molar-refractivity contribution is -0.160. The van der Waals surface area contributed by atoms with E-state index in [1.54, 1.807) is 0 Å². The Kier molecular flexibility index (Phi) is 16.2. The lowest BCUT2D eigenvalue weighted by atomic mass is 9.92. The Morgan fingerprint density at radius 1 is 0.882 bits per heavy atom. The number of nitrogens with one attached hydrogen (secondary N) is 1. The number of methoxy groups -OCH3 is 2. The summed E-state index contributed by atoms with van der Waals surface area (Å²) < 4.78 is 25.1. The van der Waals surface area contributed by atoms with Crippen molar-refractivity contribution in [2.45, 2.75) is 97.7 Å². The normalized spacial score (nSPS) is 14.2. The Labute approximate surface area is 305 Å². The lowest BCUT2D eigenvalue weighted by Gasteiger charge is -2.37. The molecule has 0 radical (unpaired) electrons. The molecule has 0 spiro atoms. The highest BCUT2D eigenvalue weighted by Crippen LogP contribution is 2.34. The van der Waals surface area contributed by atoms with Gasteiger partial charge in [0.15, 0.2) is 0 Å². The van der Waals surface area contributed by atoms with Crippen molar-refractivity contribution < 1.29 is 47.7 Å². The van der Waals surface area contributed by atoms with Crippen molar-refractivity contribution in [3.63, 3.8) is 0 Å². The van der Waals surface area contributed by atoms with Gasteiger partial charge in [-0.05, 0) is 90.6 Å². The third-order valence-corrected chi connectivity index (χ3v) is 8.18. The fourth-order valence-electron chi connectivity index (χ4n) is 5.48. The van der Waals surface area contributed by atoms with Crippen molar-refractivity contribution in [3.05, 3.63) is 65.2 Å². The molecule has 0 saturated heterocycles. The van der Waals surface area contributed by atoms with E-state index >= 15 is 0 Å². The standard InChI is InChI=1S/C31H43N3O6.C6H9ClO4/c1-21(2)33(22(3)4)18-16-32-28(35)27-26-14-13-25(39-20-23-11-9-8-10-12-23)19-24(26)15-17-34(27)30(37)40-31(5,6)29(36)38-7;1-6(2,4(8)10-3)11-5(7)9/h8-14,19,21-22,27H,15-18,20H2,1-7H3,(H,32,35);1-3H3. The molecule has 1 aliphatic rings. The summed E-state index contributed by atoms with van der Waals surface area (Å²) in [6.07, 6.45) is -0.249. The molecule has 0 aliphatic carbocycles. The van der Waals surface area contributed by atoms with Gasteiger partial charge in [-0.2, -0.15) is 0 Å². The van der Waals surface area contributed by atoms with Gasteiger partial charge in [0, 0.05) is 43.3 Å². The van der Waals surface area contributed by atoms with Gasteiger partial charge in [-0.15, -0.1) is 0 Å². The Morgan fingerprint density at radius 2 is 1.45 bits per heavy atom. The van der Waals surface area contributed by atoms with Gasteiger partial charge in [0.25, 0.3) is 0 Å². The highest BCUT2D eigenvalue weighted by Gasteiger charge is 2.41. The highest BCUT2D eigenvalue weighted by atomic mass is 35.5. The molecule has 1 unspecified atom stereocenters. The second-order valence-corrected chi connectivity index (χ2v) is 13.7. The number of hydrogen-bond acceptors (Lipinski definition) is 11. The van der Waals surface area contributed by atoms with Crippen LogP contribution in [0.5, 0.6) is 5.75 Å². The predicted molar refractivity (Wildman–Crippen MR) is 191 cm³/mol. The van der Waals surface area contributed by atoms with Crippen molar-refractivity contribution in [3.8, 4) is 5.75 Å². The van der Waals surface area contributed by atoms with E-state index in [2.05, 4.69) is 47.4 Å². The molecule has 1 N–H and O–H groups in total. The van der Waals surface area contributed by atoms with Crippen LogP contribution < -0.4 is 10.1 Å². The van der Waals surface area contributed by atoms with Gasteiger partial charge in [0.1, 0.15) is 18.4 Å². The van der Waals surface area contributed by atoms with E-state index < -0.39 is 40.7 Å². The van der Waals surface area contributed by atoms with Gasteiger partial charge in [-0.25, -0.2) is 19.2 Å². The fraction of sp³-hybridized carbons (Fsp3) is 0.541. The molecule has 2 aromatic rings. The van der Waals surface area contributed by atoms with E-state index in [1.165, 1.54) is 46.8 Å². The molecule has 13 nitrogen and oxygen atoms in total. The van der Waals surface area contributed by atoms with Crippen LogP contribution in [0.25, 0.3) is 0 Å². The van der Waals surface area contributed by atoms with E-state index in [0.717, 1.165) is 11.1 Å². The SMILES string of the molecule is COC(=O)C(C)(C)OC(=O)Cl.COC(=O)C(C)(C)OC(=O)N1CCc2cc(OCc3ccccc3)ccc2C1C(=O)NCCN(C(C)C)C(C)C. The molecule has 0 aromatic heterocycles. The van der Waals surface area contributed by atoms with Gasteiger partial charge < -0.3 is 29.0 Å². The van der Waals surface area contributed by atoms with Gasteiger partial charge >= 0.3 is 23.5 Å². The first kappa shape index (κ1) is 42.8. The average molecular weight is 734 g/mol. The molecule has 14 heteroatoms. The molecule has 1 atom stereocenters. The zero-order chi connectivity index (χ0) is 38.5. The van der Waals surface area contributed by atoms with Crippen molar-refractivity contribution in [1.29, 1.82) is 0 Å².